The van der Waals surface area contributed by atoms with E-state index in [-0.39, 0.29) is 5.76 Å². The Hall–Kier alpha value is -2.82. The molecule has 0 saturated carbocycles. The molecule has 1 aromatic carbocycles. The maximum Gasteiger partial charge on any atom is 0.371 e. The van der Waals surface area contributed by atoms with E-state index in [2.05, 4.69) is 4.98 Å². The van der Waals surface area contributed by atoms with Crippen LogP contribution in [0.3, 0.4) is 0 Å². The maximum atomic E-state index is 10.8. The third-order valence-electron chi connectivity index (χ3n) is 3.15. The molecule has 0 aliphatic carbocycles. The fraction of sp³-hybridized carbons (Fsp3) is 0.125. The van der Waals surface area contributed by atoms with Gasteiger partial charge in [0, 0.05) is 11.6 Å². The number of nitrogens with zero attached hydrogens (tertiary/aromatic N) is 1. The van der Waals surface area contributed by atoms with E-state index < -0.39 is 12.1 Å². The summed E-state index contributed by atoms with van der Waals surface area (Å²) in [4.78, 5) is 15.1. The summed E-state index contributed by atoms with van der Waals surface area (Å²) in [7, 11) is 0. The minimum atomic E-state index is -1.09. The first-order chi connectivity index (χ1) is 10.1. The number of benzene rings is 1. The lowest BCUT2D eigenvalue weighted by molar-refractivity contribution is 0.0655. The average molecular weight is 283 g/mol. The van der Waals surface area contributed by atoms with Crippen molar-refractivity contribution in [3.63, 3.8) is 0 Å². The highest BCUT2D eigenvalue weighted by molar-refractivity contribution is 5.85. The van der Waals surface area contributed by atoms with Crippen LogP contribution in [0, 0.1) is 0 Å². The van der Waals surface area contributed by atoms with Crippen LogP contribution in [0.2, 0.25) is 0 Å². The zero-order valence-corrected chi connectivity index (χ0v) is 11.3. The zero-order chi connectivity index (χ0) is 14.8. The van der Waals surface area contributed by atoms with Gasteiger partial charge in [0.2, 0.25) is 5.76 Å². The van der Waals surface area contributed by atoms with Crippen LogP contribution in [-0.4, -0.2) is 16.1 Å². The Labute approximate surface area is 120 Å². The number of carbonyl (C=O) groups is 1. The van der Waals surface area contributed by atoms with Crippen LogP contribution in [0.5, 0.6) is 5.75 Å². The van der Waals surface area contributed by atoms with Crippen molar-refractivity contribution in [1.29, 1.82) is 0 Å². The van der Waals surface area contributed by atoms with Gasteiger partial charge in [0.15, 0.2) is 6.10 Å². The maximum absolute atomic E-state index is 10.8. The second-order valence-electron chi connectivity index (χ2n) is 4.59. The molecule has 1 atom stereocenters. The average Bonchev–Trinajstić information content (AvgIpc) is 2.98. The highest BCUT2D eigenvalue weighted by Gasteiger charge is 2.16. The third kappa shape index (κ3) is 2.58. The highest BCUT2D eigenvalue weighted by atomic mass is 16.5. The van der Waals surface area contributed by atoms with Crippen LogP contribution in [0.25, 0.3) is 10.9 Å². The molecule has 0 aliphatic rings. The Balaban J connectivity index is 1.89. The number of hydrogen-bond donors (Lipinski definition) is 1. The molecule has 5 heteroatoms. The van der Waals surface area contributed by atoms with Gasteiger partial charge in [-0.05, 0) is 43.3 Å². The van der Waals surface area contributed by atoms with Crippen molar-refractivity contribution in [3.8, 4) is 5.75 Å². The lowest BCUT2D eigenvalue weighted by Crippen LogP contribution is -2.02. The summed E-state index contributed by atoms with van der Waals surface area (Å²) in [6, 6.07) is 12.4. The molecule has 2 aromatic heterocycles. The Kier molecular flexibility index (Phi) is 3.31. The molecule has 0 bridgehead atoms. The lowest BCUT2D eigenvalue weighted by Gasteiger charge is -2.14. The largest absolute Gasteiger partial charge is 0.482 e. The minimum Gasteiger partial charge on any atom is -0.482 e. The number of furan rings is 1. The third-order valence-corrected chi connectivity index (χ3v) is 3.15. The molecule has 0 aliphatic heterocycles. The Bertz CT molecular complexity index is 788. The van der Waals surface area contributed by atoms with E-state index in [0.29, 0.717) is 11.5 Å². The summed E-state index contributed by atoms with van der Waals surface area (Å²) in [5.41, 5.74) is 0.841. The summed E-state index contributed by atoms with van der Waals surface area (Å²) >= 11 is 0. The van der Waals surface area contributed by atoms with Gasteiger partial charge in [-0.1, -0.05) is 6.07 Å². The van der Waals surface area contributed by atoms with Gasteiger partial charge in [-0.3, -0.25) is 4.98 Å². The molecule has 5 nitrogen and oxygen atoms in total. The SMILES string of the molecule is CC(Oc1cccc2ncccc12)c1ccc(C(=O)O)o1. The van der Waals surface area contributed by atoms with Gasteiger partial charge in [0.25, 0.3) is 0 Å². The molecule has 0 spiro atoms. The fourth-order valence-corrected chi connectivity index (χ4v) is 2.11. The Morgan fingerprint density at radius 3 is 2.86 bits per heavy atom. The van der Waals surface area contributed by atoms with Gasteiger partial charge >= 0.3 is 5.97 Å². The normalized spacial score (nSPS) is 12.2. The molecular formula is C16H13NO4. The minimum absolute atomic E-state index is 0.0972. The van der Waals surface area contributed by atoms with Gasteiger partial charge in [-0.15, -0.1) is 0 Å². The van der Waals surface area contributed by atoms with Crippen LogP contribution in [-0.2, 0) is 0 Å². The predicted molar refractivity (Wildman–Crippen MR) is 76.5 cm³/mol. The van der Waals surface area contributed by atoms with Gasteiger partial charge < -0.3 is 14.3 Å². The van der Waals surface area contributed by atoms with Gasteiger partial charge in [-0.2, -0.15) is 0 Å². The second-order valence-corrected chi connectivity index (χ2v) is 4.59. The number of fused-ring (bicyclic) bond motifs is 1. The van der Waals surface area contributed by atoms with Crippen molar-refractivity contribution in [2.24, 2.45) is 0 Å². The van der Waals surface area contributed by atoms with E-state index in [9.17, 15) is 4.79 Å². The van der Waals surface area contributed by atoms with E-state index in [1.165, 1.54) is 6.07 Å². The van der Waals surface area contributed by atoms with Gasteiger partial charge in [0.05, 0.1) is 5.52 Å². The Morgan fingerprint density at radius 2 is 2.10 bits per heavy atom. The number of carboxylic acid groups (broad SMARTS) is 1. The summed E-state index contributed by atoms with van der Waals surface area (Å²) < 4.78 is 11.1. The highest BCUT2D eigenvalue weighted by Crippen LogP contribution is 2.29. The van der Waals surface area contributed by atoms with Gasteiger partial charge in [-0.25, -0.2) is 4.79 Å². The van der Waals surface area contributed by atoms with E-state index in [0.717, 1.165) is 10.9 Å². The number of ether oxygens (including phenoxy) is 1. The molecule has 3 aromatic rings. The van der Waals surface area contributed by atoms with Crippen LogP contribution in [0.15, 0.2) is 53.1 Å². The summed E-state index contributed by atoms with van der Waals surface area (Å²) in [6.45, 7) is 1.81. The Morgan fingerprint density at radius 1 is 1.24 bits per heavy atom. The molecule has 0 saturated heterocycles. The quantitative estimate of drug-likeness (QED) is 0.791. The lowest BCUT2D eigenvalue weighted by atomic mass is 10.2. The molecule has 0 amide bonds. The summed E-state index contributed by atoms with van der Waals surface area (Å²) in [5.74, 6) is -0.0440. The van der Waals surface area contributed by atoms with Crippen LogP contribution in [0.4, 0.5) is 0 Å². The smallest absolute Gasteiger partial charge is 0.371 e. The van der Waals surface area contributed by atoms with E-state index in [1.807, 2.05) is 30.3 Å². The molecule has 3 rings (SSSR count). The number of hydrogen-bond acceptors (Lipinski definition) is 4. The van der Waals surface area contributed by atoms with Crippen LogP contribution in [0.1, 0.15) is 29.3 Å². The molecule has 1 N–H and O–H groups in total. The number of rotatable bonds is 4. The molecule has 2 heterocycles. The monoisotopic (exact) mass is 283 g/mol. The van der Waals surface area contributed by atoms with E-state index in [1.54, 1.807) is 19.2 Å². The molecule has 0 fully saturated rings. The van der Waals surface area contributed by atoms with Gasteiger partial charge in [0.1, 0.15) is 11.5 Å². The van der Waals surface area contributed by atoms with Crippen molar-refractivity contribution in [2.45, 2.75) is 13.0 Å². The van der Waals surface area contributed by atoms with E-state index in [4.69, 9.17) is 14.3 Å². The topological polar surface area (TPSA) is 72.6 Å². The summed E-state index contributed by atoms with van der Waals surface area (Å²) in [6.07, 6.45) is 1.32. The van der Waals surface area contributed by atoms with Crippen molar-refractivity contribution < 1.29 is 19.1 Å². The molecule has 1 unspecified atom stereocenters. The first-order valence-corrected chi connectivity index (χ1v) is 6.48. The first-order valence-electron chi connectivity index (χ1n) is 6.48. The number of aromatic carboxylic acids is 1. The molecule has 106 valence electrons. The van der Waals surface area contributed by atoms with Crippen molar-refractivity contribution in [3.05, 3.63) is 60.2 Å². The van der Waals surface area contributed by atoms with Crippen LogP contribution < -0.4 is 4.74 Å². The predicted octanol–water partition coefficient (Wildman–Crippen LogP) is 3.67. The standard InChI is InChI=1S/C16H13NO4/c1-10(13-7-8-15(21-13)16(18)19)20-14-6-2-5-12-11(14)4-3-9-17-12/h2-10H,1H3,(H,18,19). The molecule has 21 heavy (non-hydrogen) atoms. The number of carboxylic acids is 1. The fourth-order valence-electron chi connectivity index (χ4n) is 2.11. The number of aromatic nitrogens is 1. The zero-order valence-electron chi connectivity index (χ0n) is 11.3. The molecular weight excluding hydrogens is 270 g/mol. The van der Waals surface area contributed by atoms with Crippen molar-refractivity contribution in [2.75, 3.05) is 0 Å². The second kappa shape index (κ2) is 5.28. The van der Waals surface area contributed by atoms with Crippen molar-refractivity contribution in [1.82, 2.24) is 4.98 Å². The first kappa shape index (κ1) is 13.2. The van der Waals surface area contributed by atoms with E-state index >= 15 is 0 Å². The van der Waals surface area contributed by atoms with Crippen LogP contribution >= 0.6 is 0 Å². The number of pyridine rings is 1. The van der Waals surface area contributed by atoms with Crippen molar-refractivity contribution >= 4 is 16.9 Å². The molecule has 0 radical (unpaired) electrons. The summed E-state index contributed by atoms with van der Waals surface area (Å²) in [5, 5.41) is 9.77.